The fourth-order valence-corrected chi connectivity index (χ4v) is 2.52. The maximum atomic E-state index is 12.8. The lowest BCUT2D eigenvalue weighted by Crippen LogP contribution is -2.10. The Bertz CT molecular complexity index is 481. The van der Waals surface area contributed by atoms with Gasteiger partial charge in [-0.25, -0.2) is 9.37 Å². The van der Waals surface area contributed by atoms with Crippen molar-refractivity contribution in [1.82, 2.24) is 9.55 Å². The maximum Gasteiger partial charge on any atom is 0.168 e. The number of nitrogens with zero attached hydrogens (tertiary/aromatic N) is 2. The van der Waals surface area contributed by atoms with Crippen molar-refractivity contribution in [3.05, 3.63) is 48.0 Å². The number of benzene rings is 1. The third-order valence-electron chi connectivity index (χ3n) is 2.48. The van der Waals surface area contributed by atoms with Gasteiger partial charge >= 0.3 is 0 Å². The zero-order chi connectivity index (χ0) is 12.3. The van der Waals surface area contributed by atoms with E-state index in [2.05, 4.69) is 4.98 Å². The van der Waals surface area contributed by atoms with Crippen LogP contribution in [0.1, 0.15) is 10.8 Å². The number of hydrogen-bond acceptors (Lipinski definition) is 3. The van der Waals surface area contributed by atoms with E-state index in [0.717, 1.165) is 10.7 Å². The predicted molar refractivity (Wildman–Crippen MR) is 67.3 cm³/mol. The lowest BCUT2D eigenvalue weighted by atomic mass is 10.1. The van der Waals surface area contributed by atoms with E-state index in [1.807, 2.05) is 17.8 Å². The Morgan fingerprint density at radius 2 is 2.12 bits per heavy atom. The van der Waals surface area contributed by atoms with Crippen molar-refractivity contribution in [2.24, 2.45) is 12.8 Å². The van der Waals surface area contributed by atoms with E-state index in [1.54, 1.807) is 30.1 Å². The number of aromatic nitrogens is 2. The summed E-state index contributed by atoms with van der Waals surface area (Å²) < 4.78 is 14.8. The molecule has 90 valence electrons. The molecule has 5 heteroatoms. The maximum absolute atomic E-state index is 12.8. The highest BCUT2D eigenvalue weighted by Gasteiger charge is 2.13. The van der Waals surface area contributed by atoms with Crippen LogP contribution >= 0.6 is 11.8 Å². The molecule has 1 aromatic heterocycles. The Labute approximate surface area is 104 Å². The van der Waals surface area contributed by atoms with Gasteiger partial charge in [-0.1, -0.05) is 23.9 Å². The first kappa shape index (κ1) is 12.1. The van der Waals surface area contributed by atoms with E-state index in [1.165, 1.54) is 12.1 Å². The minimum absolute atomic E-state index is 0.0942. The van der Waals surface area contributed by atoms with Crippen LogP contribution in [0.4, 0.5) is 4.39 Å². The molecule has 2 aromatic rings. The molecule has 1 unspecified atom stereocenters. The van der Waals surface area contributed by atoms with E-state index >= 15 is 0 Å². The Morgan fingerprint density at radius 1 is 1.41 bits per heavy atom. The molecular weight excluding hydrogens is 237 g/mol. The van der Waals surface area contributed by atoms with Crippen molar-refractivity contribution < 1.29 is 4.39 Å². The number of rotatable bonds is 4. The minimum atomic E-state index is -0.230. The molecule has 1 atom stereocenters. The molecule has 0 saturated heterocycles. The molecule has 1 aromatic carbocycles. The van der Waals surface area contributed by atoms with Crippen molar-refractivity contribution in [1.29, 1.82) is 0 Å². The molecule has 0 amide bonds. The monoisotopic (exact) mass is 251 g/mol. The largest absolute Gasteiger partial charge is 0.329 e. The molecule has 0 spiro atoms. The van der Waals surface area contributed by atoms with Gasteiger partial charge in [-0.3, -0.25) is 0 Å². The average Bonchev–Trinajstić information content (AvgIpc) is 2.73. The highest BCUT2D eigenvalue weighted by molar-refractivity contribution is 7.99. The normalized spacial score (nSPS) is 12.6. The van der Waals surface area contributed by atoms with Crippen LogP contribution < -0.4 is 5.73 Å². The van der Waals surface area contributed by atoms with Crippen LogP contribution in [-0.4, -0.2) is 16.1 Å². The Kier molecular flexibility index (Phi) is 3.81. The lowest BCUT2D eigenvalue weighted by Gasteiger charge is -2.14. The molecule has 0 aliphatic heterocycles. The zero-order valence-electron chi connectivity index (χ0n) is 9.51. The second kappa shape index (κ2) is 5.33. The predicted octanol–water partition coefficient (Wildman–Crippen LogP) is 2.35. The van der Waals surface area contributed by atoms with Gasteiger partial charge in [-0.15, -0.1) is 0 Å². The fourth-order valence-electron chi connectivity index (χ4n) is 1.52. The summed E-state index contributed by atoms with van der Waals surface area (Å²) >= 11 is 1.59. The van der Waals surface area contributed by atoms with Gasteiger partial charge in [0.2, 0.25) is 0 Å². The second-order valence-electron chi connectivity index (χ2n) is 3.71. The molecule has 2 rings (SSSR count). The summed E-state index contributed by atoms with van der Waals surface area (Å²) in [6.45, 7) is 0.489. The molecule has 0 aliphatic carbocycles. The second-order valence-corrected chi connectivity index (χ2v) is 4.88. The summed E-state index contributed by atoms with van der Waals surface area (Å²) in [7, 11) is 1.94. The van der Waals surface area contributed by atoms with Crippen LogP contribution in [0.3, 0.4) is 0 Å². The molecule has 0 aliphatic rings. The summed E-state index contributed by atoms with van der Waals surface area (Å²) in [5.41, 5.74) is 6.77. The summed E-state index contributed by atoms with van der Waals surface area (Å²) in [5.74, 6) is -0.230. The van der Waals surface area contributed by atoms with Gasteiger partial charge in [0.1, 0.15) is 5.82 Å². The van der Waals surface area contributed by atoms with E-state index in [0.29, 0.717) is 6.54 Å². The van der Waals surface area contributed by atoms with Gasteiger partial charge in [0, 0.05) is 31.2 Å². The third kappa shape index (κ3) is 2.87. The van der Waals surface area contributed by atoms with E-state index < -0.39 is 0 Å². The Hall–Kier alpha value is -1.33. The first-order chi connectivity index (χ1) is 8.20. The number of aryl methyl sites for hydroxylation is 1. The van der Waals surface area contributed by atoms with Crippen LogP contribution in [0.2, 0.25) is 0 Å². The van der Waals surface area contributed by atoms with Gasteiger partial charge in [0.05, 0.1) is 0 Å². The van der Waals surface area contributed by atoms with Crippen LogP contribution in [0.25, 0.3) is 0 Å². The van der Waals surface area contributed by atoms with E-state index in [-0.39, 0.29) is 11.1 Å². The van der Waals surface area contributed by atoms with Gasteiger partial charge < -0.3 is 10.3 Å². The molecule has 0 saturated carbocycles. The number of halogens is 1. The van der Waals surface area contributed by atoms with Gasteiger partial charge in [0.15, 0.2) is 5.16 Å². The number of nitrogens with two attached hydrogens (primary N) is 1. The van der Waals surface area contributed by atoms with Crippen molar-refractivity contribution in [3.63, 3.8) is 0 Å². The summed E-state index contributed by atoms with van der Waals surface area (Å²) in [6, 6.07) is 6.44. The molecule has 1 heterocycles. The minimum Gasteiger partial charge on any atom is -0.329 e. The molecule has 3 nitrogen and oxygen atoms in total. The summed E-state index contributed by atoms with van der Waals surface area (Å²) in [5, 5.41) is 1.00. The van der Waals surface area contributed by atoms with Crippen molar-refractivity contribution in [3.8, 4) is 0 Å². The quantitative estimate of drug-likeness (QED) is 0.848. The molecular formula is C12H14FN3S. The van der Waals surface area contributed by atoms with Crippen LogP contribution in [0.15, 0.2) is 41.8 Å². The SMILES string of the molecule is Cn1ccnc1SC(CN)c1ccc(F)cc1. The average molecular weight is 251 g/mol. The van der Waals surface area contributed by atoms with Crippen molar-refractivity contribution >= 4 is 11.8 Å². The molecule has 2 N–H and O–H groups in total. The lowest BCUT2D eigenvalue weighted by molar-refractivity contribution is 0.627. The molecule has 0 radical (unpaired) electrons. The standard InChI is InChI=1S/C12H14FN3S/c1-16-7-6-15-12(16)17-11(8-14)9-2-4-10(13)5-3-9/h2-7,11H,8,14H2,1H3. The van der Waals surface area contributed by atoms with Crippen LogP contribution in [0, 0.1) is 5.82 Å². The Morgan fingerprint density at radius 3 is 2.65 bits per heavy atom. The molecule has 0 bridgehead atoms. The van der Waals surface area contributed by atoms with Gasteiger partial charge in [-0.05, 0) is 17.7 Å². The van der Waals surface area contributed by atoms with Crippen LogP contribution in [0.5, 0.6) is 0 Å². The molecule has 0 fully saturated rings. The van der Waals surface area contributed by atoms with E-state index in [9.17, 15) is 4.39 Å². The number of imidazole rings is 1. The number of hydrogen-bond donors (Lipinski definition) is 1. The third-order valence-corrected chi connectivity index (χ3v) is 3.83. The first-order valence-electron chi connectivity index (χ1n) is 5.30. The number of thioether (sulfide) groups is 1. The fraction of sp³-hybridized carbons (Fsp3) is 0.250. The van der Waals surface area contributed by atoms with Crippen LogP contribution in [-0.2, 0) is 7.05 Å². The topological polar surface area (TPSA) is 43.8 Å². The van der Waals surface area contributed by atoms with Crippen molar-refractivity contribution in [2.75, 3.05) is 6.54 Å². The van der Waals surface area contributed by atoms with Gasteiger partial charge in [0.25, 0.3) is 0 Å². The zero-order valence-corrected chi connectivity index (χ0v) is 10.3. The van der Waals surface area contributed by atoms with E-state index in [4.69, 9.17) is 5.73 Å². The van der Waals surface area contributed by atoms with Gasteiger partial charge in [-0.2, -0.15) is 0 Å². The smallest absolute Gasteiger partial charge is 0.168 e. The molecule has 17 heavy (non-hydrogen) atoms. The summed E-state index contributed by atoms with van der Waals surface area (Å²) in [6.07, 6.45) is 3.64. The van der Waals surface area contributed by atoms with Crippen molar-refractivity contribution in [2.45, 2.75) is 10.4 Å². The first-order valence-corrected chi connectivity index (χ1v) is 6.18. The summed E-state index contributed by atoms with van der Waals surface area (Å²) in [4.78, 5) is 4.24. The highest BCUT2D eigenvalue weighted by Crippen LogP contribution is 2.32. The highest BCUT2D eigenvalue weighted by atomic mass is 32.2. The Balaban J connectivity index is 2.17.